The molecule has 0 heterocycles. The molecule has 0 unspecified atom stereocenters. The van der Waals surface area contributed by atoms with Crippen LogP contribution in [0.5, 0.6) is 5.75 Å². The lowest BCUT2D eigenvalue weighted by Gasteiger charge is -2.22. The lowest BCUT2D eigenvalue weighted by atomic mass is 9.84. The fourth-order valence-electron chi connectivity index (χ4n) is 3.00. The number of carbonyl (C=O) groups excluding carboxylic acids is 1. The van der Waals surface area contributed by atoms with Crippen LogP contribution >= 0.6 is 0 Å². The summed E-state index contributed by atoms with van der Waals surface area (Å²) in [6.07, 6.45) is 6.42. The number of ether oxygens (including phenoxy) is 1. The summed E-state index contributed by atoms with van der Waals surface area (Å²) in [7, 11) is 0. The predicted molar refractivity (Wildman–Crippen MR) is 83.6 cm³/mol. The number of halogens is 1. The van der Waals surface area contributed by atoms with Crippen LogP contribution in [0.25, 0.3) is 0 Å². The topological polar surface area (TPSA) is 26.3 Å². The molecule has 0 atom stereocenters. The normalized spacial score (nSPS) is 15.5. The molecule has 2 aromatic carbocycles. The van der Waals surface area contributed by atoms with Gasteiger partial charge in [0.2, 0.25) is 0 Å². The van der Waals surface area contributed by atoms with Crippen molar-refractivity contribution >= 4 is 5.97 Å². The minimum absolute atomic E-state index is 0.345. The third kappa shape index (κ3) is 3.53. The van der Waals surface area contributed by atoms with E-state index >= 15 is 0 Å². The summed E-state index contributed by atoms with van der Waals surface area (Å²) in [5.41, 5.74) is 1.67. The largest absolute Gasteiger partial charge is 0.423 e. The minimum Gasteiger partial charge on any atom is -0.423 e. The average Bonchev–Trinajstić information content (AvgIpc) is 2.57. The zero-order valence-electron chi connectivity index (χ0n) is 12.4. The van der Waals surface area contributed by atoms with E-state index < -0.39 is 5.97 Å². The van der Waals surface area contributed by atoms with Crippen molar-refractivity contribution in [3.8, 4) is 5.75 Å². The molecule has 0 aliphatic heterocycles. The van der Waals surface area contributed by atoms with Crippen LogP contribution in [-0.2, 0) is 0 Å². The molecule has 22 heavy (non-hydrogen) atoms. The first-order valence-corrected chi connectivity index (χ1v) is 7.80. The highest BCUT2D eigenvalue weighted by atomic mass is 19.1. The van der Waals surface area contributed by atoms with Crippen molar-refractivity contribution in [1.29, 1.82) is 0 Å². The van der Waals surface area contributed by atoms with Gasteiger partial charge in [-0.15, -0.1) is 0 Å². The van der Waals surface area contributed by atoms with Crippen molar-refractivity contribution in [2.45, 2.75) is 38.0 Å². The van der Waals surface area contributed by atoms with Gasteiger partial charge in [-0.1, -0.05) is 31.4 Å². The summed E-state index contributed by atoms with van der Waals surface area (Å²) in [5.74, 6) is 0.322. The molecule has 0 spiro atoms. The Hall–Kier alpha value is -2.16. The molecule has 0 saturated heterocycles. The first-order valence-electron chi connectivity index (χ1n) is 7.80. The van der Waals surface area contributed by atoms with E-state index in [4.69, 9.17) is 4.74 Å². The summed E-state index contributed by atoms with van der Waals surface area (Å²) in [4.78, 5) is 12.0. The molecular weight excluding hydrogens is 279 g/mol. The Labute approximate surface area is 129 Å². The minimum atomic E-state index is -0.467. The smallest absolute Gasteiger partial charge is 0.343 e. The molecule has 1 saturated carbocycles. The monoisotopic (exact) mass is 298 g/mol. The first-order chi connectivity index (χ1) is 10.7. The van der Waals surface area contributed by atoms with Gasteiger partial charge in [-0.3, -0.25) is 0 Å². The molecule has 3 rings (SSSR count). The van der Waals surface area contributed by atoms with Gasteiger partial charge in [0.05, 0.1) is 5.56 Å². The fourth-order valence-corrected chi connectivity index (χ4v) is 3.00. The summed E-state index contributed by atoms with van der Waals surface area (Å²) in [5, 5.41) is 0. The second kappa shape index (κ2) is 6.73. The first kappa shape index (κ1) is 14.8. The van der Waals surface area contributed by atoms with Crippen LogP contribution in [0.1, 0.15) is 53.9 Å². The van der Waals surface area contributed by atoms with Crippen molar-refractivity contribution in [1.82, 2.24) is 0 Å². The maximum absolute atomic E-state index is 12.8. The number of carbonyl (C=O) groups is 1. The zero-order chi connectivity index (χ0) is 15.4. The highest BCUT2D eigenvalue weighted by molar-refractivity contribution is 5.90. The summed E-state index contributed by atoms with van der Waals surface area (Å²) >= 11 is 0. The standard InChI is InChI=1S/C19H19FO2/c20-17-10-6-16(7-11-17)19(21)22-18-12-8-15(9-13-18)14-4-2-1-3-5-14/h6-14H,1-5H2. The van der Waals surface area contributed by atoms with Crippen LogP contribution in [0.15, 0.2) is 48.5 Å². The van der Waals surface area contributed by atoms with Crippen LogP contribution in [0.2, 0.25) is 0 Å². The van der Waals surface area contributed by atoms with Crippen LogP contribution in [0.4, 0.5) is 4.39 Å². The van der Waals surface area contributed by atoms with Crippen molar-refractivity contribution in [2.75, 3.05) is 0 Å². The Morgan fingerprint density at radius 1 is 0.909 bits per heavy atom. The van der Waals surface area contributed by atoms with Crippen LogP contribution in [0.3, 0.4) is 0 Å². The maximum atomic E-state index is 12.8. The quantitative estimate of drug-likeness (QED) is 0.582. The van der Waals surface area contributed by atoms with Gasteiger partial charge in [0.25, 0.3) is 0 Å². The van der Waals surface area contributed by atoms with Crippen LogP contribution in [-0.4, -0.2) is 5.97 Å². The molecule has 0 N–H and O–H groups in total. The van der Waals surface area contributed by atoms with Gasteiger partial charge in [0.1, 0.15) is 11.6 Å². The van der Waals surface area contributed by atoms with Gasteiger partial charge < -0.3 is 4.74 Å². The molecule has 0 aromatic heterocycles. The van der Waals surface area contributed by atoms with Crippen molar-refractivity contribution in [3.05, 3.63) is 65.5 Å². The second-order valence-electron chi connectivity index (χ2n) is 5.80. The van der Waals surface area contributed by atoms with Gasteiger partial charge in [-0.05, 0) is 60.7 Å². The number of esters is 1. The van der Waals surface area contributed by atoms with Gasteiger partial charge in [0.15, 0.2) is 0 Å². The van der Waals surface area contributed by atoms with Crippen molar-refractivity contribution in [2.24, 2.45) is 0 Å². The molecule has 2 aromatic rings. The molecule has 1 aliphatic rings. The highest BCUT2D eigenvalue weighted by Crippen LogP contribution is 2.33. The maximum Gasteiger partial charge on any atom is 0.343 e. The molecule has 0 bridgehead atoms. The van der Waals surface area contributed by atoms with Gasteiger partial charge >= 0.3 is 5.97 Å². The lowest BCUT2D eigenvalue weighted by molar-refractivity contribution is 0.0734. The molecule has 3 heteroatoms. The van der Waals surface area contributed by atoms with E-state index in [1.54, 1.807) is 0 Å². The van der Waals surface area contributed by atoms with E-state index in [1.807, 2.05) is 24.3 Å². The van der Waals surface area contributed by atoms with Crippen molar-refractivity contribution in [3.63, 3.8) is 0 Å². The number of hydrogen-bond donors (Lipinski definition) is 0. The SMILES string of the molecule is O=C(Oc1ccc(C2CCCCC2)cc1)c1ccc(F)cc1. The zero-order valence-corrected chi connectivity index (χ0v) is 12.4. The predicted octanol–water partition coefficient (Wildman–Crippen LogP) is 5.09. The van der Waals surface area contributed by atoms with E-state index in [2.05, 4.69) is 0 Å². The van der Waals surface area contributed by atoms with Gasteiger partial charge in [0, 0.05) is 0 Å². The van der Waals surface area contributed by atoms with E-state index in [-0.39, 0.29) is 5.82 Å². The Bertz CT molecular complexity index is 625. The molecule has 0 amide bonds. The molecule has 1 aliphatic carbocycles. The third-order valence-corrected chi connectivity index (χ3v) is 4.25. The second-order valence-corrected chi connectivity index (χ2v) is 5.80. The Balaban J connectivity index is 1.65. The van der Waals surface area contributed by atoms with Gasteiger partial charge in [-0.25, -0.2) is 9.18 Å². The number of hydrogen-bond acceptors (Lipinski definition) is 2. The number of rotatable bonds is 3. The Morgan fingerprint density at radius 2 is 1.55 bits per heavy atom. The molecule has 0 radical (unpaired) electrons. The Morgan fingerprint density at radius 3 is 2.18 bits per heavy atom. The Kier molecular flexibility index (Phi) is 4.52. The molecule has 1 fully saturated rings. The van der Waals surface area contributed by atoms with E-state index in [1.165, 1.54) is 61.9 Å². The fraction of sp³-hybridized carbons (Fsp3) is 0.316. The van der Waals surface area contributed by atoms with E-state index in [9.17, 15) is 9.18 Å². The summed E-state index contributed by atoms with van der Waals surface area (Å²) in [6.45, 7) is 0. The number of benzene rings is 2. The van der Waals surface area contributed by atoms with E-state index in [0.717, 1.165) is 0 Å². The highest BCUT2D eigenvalue weighted by Gasteiger charge is 2.15. The average molecular weight is 298 g/mol. The van der Waals surface area contributed by atoms with Crippen LogP contribution in [0, 0.1) is 5.82 Å². The molecule has 2 nitrogen and oxygen atoms in total. The summed E-state index contributed by atoms with van der Waals surface area (Å²) < 4.78 is 18.2. The van der Waals surface area contributed by atoms with Crippen LogP contribution < -0.4 is 4.74 Å². The lowest BCUT2D eigenvalue weighted by Crippen LogP contribution is -2.09. The van der Waals surface area contributed by atoms with E-state index in [0.29, 0.717) is 17.2 Å². The third-order valence-electron chi connectivity index (χ3n) is 4.25. The van der Waals surface area contributed by atoms with Gasteiger partial charge in [-0.2, -0.15) is 0 Å². The molecular formula is C19H19FO2. The summed E-state index contributed by atoms with van der Waals surface area (Å²) in [6, 6.07) is 13.1. The molecule has 114 valence electrons. The van der Waals surface area contributed by atoms with Crippen molar-refractivity contribution < 1.29 is 13.9 Å².